The molecule has 3 N–H and O–H groups in total. The first-order valence-corrected chi connectivity index (χ1v) is 7.50. The molecule has 2 aromatic carbocycles. The summed E-state index contributed by atoms with van der Waals surface area (Å²) < 4.78 is 18.2. The van der Waals surface area contributed by atoms with Gasteiger partial charge in [0.25, 0.3) is 0 Å². The number of halogens is 1. The predicted octanol–water partition coefficient (Wildman–Crippen LogP) is 2.90. The van der Waals surface area contributed by atoms with Gasteiger partial charge < -0.3 is 20.5 Å². The molecule has 0 heterocycles. The number of carboxylic acid groups (broad SMARTS) is 1. The molecule has 0 atom stereocenters. The van der Waals surface area contributed by atoms with Gasteiger partial charge in [0.2, 0.25) is 0 Å². The molecule has 0 aliphatic carbocycles. The van der Waals surface area contributed by atoms with Gasteiger partial charge in [-0.05, 0) is 28.8 Å². The second-order valence-electron chi connectivity index (χ2n) is 5.64. The van der Waals surface area contributed by atoms with Crippen molar-refractivity contribution in [2.75, 3.05) is 19.9 Å². The Morgan fingerprint density at radius 2 is 1.80 bits per heavy atom. The number of methoxy groups -OCH3 is 1. The number of carbonyl (C=O) groups excluding carboxylic acids is 1. The number of benzene rings is 2. The number of esters is 1. The van der Waals surface area contributed by atoms with Gasteiger partial charge in [-0.15, -0.1) is 0 Å². The molecule has 7 heteroatoms. The average molecular weight is 346 g/mol. The number of nitrogen functional groups attached to an aromatic ring is 1. The van der Waals surface area contributed by atoms with Gasteiger partial charge in [0.05, 0.1) is 12.7 Å². The van der Waals surface area contributed by atoms with Gasteiger partial charge in [-0.2, -0.15) is 0 Å². The number of rotatable bonds is 5. The van der Waals surface area contributed by atoms with Gasteiger partial charge in [-0.3, -0.25) is 0 Å². The molecule has 132 valence electrons. The topological polar surface area (TPSA) is 92.9 Å². The normalized spacial score (nSPS) is 10.4. The number of anilines is 1. The molecule has 0 radical (unpaired) electrons. The number of carbonyl (C=O) groups is 2. The smallest absolute Gasteiger partial charge is 0.407 e. The van der Waals surface area contributed by atoms with Gasteiger partial charge in [0.1, 0.15) is 5.82 Å². The Bertz CT molecular complexity index is 790. The number of hydrogen-bond donors (Lipinski definition) is 2. The van der Waals surface area contributed by atoms with E-state index in [2.05, 4.69) is 4.74 Å². The zero-order chi connectivity index (χ0) is 18.6. The summed E-state index contributed by atoms with van der Waals surface area (Å²) >= 11 is 0. The fourth-order valence-corrected chi connectivity index (χ4v) is 2.46. The lowest BCUT2D eigenvalue weighted by Crippen LogP contribution is -2.23. The quantitative estimate of drug-likeness (QED) is 0.641. The summed E-state index contributed by atoms with van der Waals surface area (Å²) in [4.78, 5) is 23.9. The molecule has 0 aliphatic heterocycles. The van der Waals surface area contributed by atoms with E-state index in [-0.39, 0.29) is 17.8 Å². The Kier molecular flexibility index (Phi) is 5.59. The summed E-state index contributed by atoms with van der Waals surface area (Å²) in [5.74, 6) is -1.25. The second kappa shape index (κ2) is 7.65. The fraction of sp³-hybridized carbons (Fsp3) is 0.222. The highest BCUT2D eigenvalue weighted by Gasteiger charge is 2.17. The van der Waals surface area contributed by atoms with Crippen molar-refractivity contribution in [2.45, 2.75) is 13.0 Å². The summed E-state index contributed by atoms with van der Waals surface area (Å²) in [6.45, 7) is 0.266. The van der Waals surface area contributed by atoms with Crippen LogP contribution in [0.3, 0.4) is 0 Å². The molecule has 2 rings (SSSR count). The lowest BCUT2D eigenvalue weighted by molar-refractivity contribution is 0.0599. The highest BCUT2D eigenvalue weighted by Crippen LogP contribution is 2.24. The van der Waals surface area contributed by atoms with Crippen molar-refractivity contribution in [3.8, 4) is 0 Å². The maximum Gasteiger partial charge on any atom is 0.407 e. The van der Waals surface area contributed by atoms with Crippen LogP contribution in [-0.4, -0.2) is 36.2 Å². The number of hydrogen-bond acceptors (Lipinski definition) is 4. The zero-order valence-electron chi connectivity index (χ0n) is 14.0. The molecule has 0 unspecified atom stereocenters. The van der Waals surface area contributed by atoms with Crippen LogP contribution in [0.1, 0.15) is 27.0 Å². The van der Waals surface area contributed by atoms with E-state index in [1.54, 1.807) is 12.1 Å². The molecule has 2 aromatic rings. The van der Waals surface area contributed by atoms with Crippen LogP contribution < -0.4 is 5.73 Å². The zero-order valence-corrected chi connectivity index (χ0v) is 14.0. The van der Waals surface area contributed by atoms with E-state index in [0.717, 1.165) is 23.3 Å². The summed E-state index contributed by atoms with van der Waals surface area (Å²) in [6.07, 6.45) is -0.683. The van der Waals surface area contributed by atoms with E-state index >= 15 is 0 Å². The van der Waals surface area contributed by atoms with Crippen LogP contribution in [0.5, 0.6) is 0 Å². The number of nitrogens with two attached hydrogens (primary N) is 1. The lowest BCUT2D eigenvalue weighted by atomic mass is 9.97. The van der Waals surface area contributed by atoms with Gasteiger partial charge in [-0.25, -0.2) is 14.0 Å². The molecule has 0 saturated heterocycles. The minimum Gasteiger partial charge on any atom is -0.465 e. The molecule has 25 heavy (non-hydrogen) atoms. The SMILES string of the molecule is COC(=O)c1cc(F)cc(N)c1Cc1ccc(CN(C)C(=O)O)cc1. The summed E-state index contributed by atoms with van der Waals surface area (Å²) in [7, 11) is 2.71. The standard InChI is InChI=1S/C18H19FN2O4/c1-21(18(23)24)10-12-5-3-11(4-6-12)7-14-15(17(22)25-2)8-13(19)9-16(14)20/h3-6,8-9H,7,10,20H2,1-2H3,(H,23,24). The summed E-state index contributed by atoms with van der Waals surface area (Å²) in [6, 6.07) is 9.49. The third-order valence-electron chi connectivity index (χ3n) is 3.80. The Morgan fingerprint density at radius 1 is 1.20 bits per heavy atom. The Hall–Kier alpha value is -3.09. The van der Waals surface area contributed by atoms with E-state index in [4.69, 9.17) is 10.8 Å². The Labute approximate surface area is 144 Å². The minimum atomic E-state index is -1.01. The first-order valence-electron chi connectivity index (χ1n) is 7.50. The third kappa shape index (κ3) is 4.47. The number of ether oxygens (including phenoxy) is 1. The molecule has 0 saturated carbocycles. The van der Waals surface area contributed by atoms with E-state index in [0.29, 0.717) is 12.0 Å². The summed E-state index contributed by atoms with van der Waals surface area (Å²) in [5, 5.41) is 8.89. The molecular formula is C18H19FN2O4. The van der Waals surface area contributed by atoms with Crippen molar-refractivity contribution in [3.63, 3.8) is 0 Å². The van der Waals surface area contributed by atoms with Crippen LogP contribution in [0.4, 0.5) is 14.9 Å². The molecule has 0 aliphatic rings. The third-order valence-corrected chi connectivity index (χ3v) is 3.80. The van der Waals surface area contributed by atoms with Crippen molar-refractivity contribution in [1.29, 1.82) is 0 Å². The van der Waals surface area contributed by atoms with Crippen molar-refractivity contribution in [1.82, 2.24) is 4.90 Å². The fourth-order valence-electron chi connectivity index (χ4n) is 2.46. The Balaban J connectivity index is 2.25. The summed E-state index contributed by atoms with van der Waals surface area (Å²) in [5.41, 5.74) is 8.31. The van der Waals surface area contributed by atoms with Crippen LogP contribution in [0, 0.1) is 5.82 Å². The van der Waals surface area contributed by atoms with Crippen molar-refractivity contribution in [2.24, 2.45) is 0 Å². The van der Waals surface area contributed by atoms with Crippen LogP contribution >= 0.6 is 0 Å². The van der Waals surface area contributed by atoms with E-state index in [1.807, 2.05) is 12.1 Å². The van der Waals surface area contributed by atoms with Crippen molar-refractivity contribution < 1.29 is 23.8 Å². The number of amides is 1. The second-order valence-corrected chi connectivity index (χ2v) is 5.64. The van der Waals surface area contributed by atoms with E-state index in [9.17, 15) is 14.0 Å². The van der Waals surface area contributed by atoms with Crippen LogP contribution in [0.25, 0.3) is 0 Å². The number of nitrogens with zero attached hydrogens (tertiary/aromatic N) is 1. The molecule has 6 nitrogen and oxygen atoms in total. The van der Waals surface area contributed by atoms with Gasteiger partial charge in [-0.1, -0.05) is 24.3 Å². The van der Waals surface area contributed by atoms with Gasteiger partial charge in [0.15, 0.2) is 0 Å². The van der Waals surface area contributed by atoms with E-state index in [1.165, 1.54) is 19.1 Å². The molecule has 0 fully saturated rings. The molecular weight excluding hydrogens is 327 g/mol. The highest BCUT2D eigenvalue weighted by molar-refractivity contribution is 5.92. The molecule has 0 aromatic heterocycles. The largest absolute Gasteiger partial charge is 0.465 e. The molecule has 0 spiro atoms. The van der Waals surface area contributed by atoms with Crippen molar-refractivity contribution in [3.05, 3.63) is 64.5 Å². The monoisotopic (exact) mass is 346 g/mol. The highest BCUT2D eigenvalue weighted by atomic mass is 19.1. The predicted molar refractivity (Wildman–Crippen MR) is 90.9 cm³/mol. The maximum absolute atomic E-state index is 13.5. The minimum absolute atomic E-state index is 0.0923. The van der Waals surface area contributed by atoms with Gasteiger partial charge in [0, 0.05) is 25.7 Å². The van der Waals surface area contributed by atoms with Gasteiger partial charge >= 0.3 is 12.1 Å². The maximum atomic E-state index is 13.5. The molecule has 1 amide bonds. The van der Waals surface area contributed by atoms with E-state index < -0.39 is 17.9 Å². The van der Waals surface area contributed by atoms with Crippen LogP contribution in [-0.2, 0) is 17.7 Å². The Morgan fingerprint density at radius 3 is 2.36 bits per heavy atom. The first-order chi connectivity index (χ1) is 11.8. The molecule has 0 bridgehead atoms. The lowest BCUT2D eigenvalue weighted by Gasteiger charge is -2.14. The average Bonchev–Trinajstić information content (AvgIpc) is 2.57. The van der Waals surface area contributed by atoms with Crippen molar-refractivity contribution >= 4 is 17.7 Å². The van der Waals surface area contributed by atoms with Crippen LogP contribution in [0.15, 0.2) is 36.4 Å². The van der Waals surface area contributed by atoms with Crippen LogP contribution in [0.2, 0.25) is 0 Å². The first kappa shape index (κ1) is 18.3.